The van der Waals surface area contributed by atoms with Crippen molar-refractivity contribution >= 4 is 51.4 Å². The number of phenols is 1. The quantitative estimate of drug-likeness (QED) is 0.109. The smallest absolute Gasteiger partial charge is 0.341 e. The van der Waals surface area contributed by atoms with Gasteiger partial charge in [-0.15, -0.1) is 0 Å². The standard InChI is InChI=1S/C24H19ClN2O4.C6H6ClNO/c1-29-24(28)18-12-17-21(13-23(18)30-14-15-5-3-2-4-6-15)27-10-9-22(17)31-16-7-8-20(26)19(25)11-16;7-5-3-4(9)1-2-6(5)8/h2-13H,14,26H2,1H3;1-3,9H,8H2. The molecular weight excluding hydrogens is 553 g/mol. The number of halogens is 2. The van der Waals surface area contributed by atoms with Crippen molar-refractivity contribution in [2.24, 2.45) is 0 Å². The predicted octanol–water partition coefficient (Wildman–Crippen LogP) is 7.26. The molecule has 0 fully saturated rings. The summed E-state index contributed by atoms with van der Waals surface area (Å²) in [4.78, 5) is 16.8. The molecule has 40 heavy (non-hydrogen) atoms. The molecule has 0 aliphatic heterocycles. The van der Waals surface area contributed by atoms with Gasteiger partial charge in [0.25, 0.3) is 0 Å². The Labute approximate surface area is 240 Å². The number of fused-ring (bicyclic) bond motifs is 1. The minimum Gasteiger partial charge on any atom is -0.508 e. The van der Waals surface area contributed by atoms with Gasteiger partial charge in [0.05, 0.1) is 34.0 Å². The molecule has 0 aliphatic carbocycles. The summed E-state index contributed by atoms with van der Waals surface area (Å²) in [7, 11) is 1.32. The average Bonchev–Trinajstić information content (AvgIpc) is 2.96. The summed E-state index contributed by atoms with van der Waals surface area (Å²) in [5.74, 6) is 1.01. The SMILES string of the molecule is COC(=O)c1cc2c(Oc3ccc(N)c(Cl)c3)ccnc2cc1OCc1ccccc1.Nc1ccc(O)cc1Cl. The van der Waals surface area contributed by atoms with E-state index in [9.17, 15) is 4.79 Å². The Bertz CT molecular complexity index is 1650. The molecule has 4 aromatic carbocycles. The predicted molar refractivity (Wildman–Crippen MR) is 157 cm³/mol. The first kappa shape index (κ1) is 28.4. The van der Waals surface area contributed by atoms with Crippen LogP contribution in [0, 0.1) is 0 Å². The molecule has 0 spiro atoms. The van der Waals surface area contributed by atoms with Crippen LogP contribution in [-0.2, 0) is 11.3 Å². The number of esters is 1. The summed E-state index contributed by atoms with van der Waals surface area (Å²) in [6, 6.07) is 24.2. The number of hydrogen-bond donors (Lipinski definition) is 3. The van der Waals surface area contributed by atoms with Gasteiger partial charge in [-0.05, 0) is 42.0 Å². The van der Waals surface area contributed by atoms with Crippen LogP contribution in [0.15, 0.2) is 91.1 Å². The summed E-state index contributed by atoms with van der Waals surface area (Å²) in [5.41, 5.74) is 13.9. The van der Waals surface area contributed by atoms with Crippen molar-refractivity contribution in [1.82, 2.24) is 4.98 Å². The van der Waals surface area contributed by atoms with Crippen LogP contribution in [0.1, 0.15) is 15.9 Å². The second-order valence-electron chi connectivity index (χ2n) is 8.43. The van der Waals surface area contributed by atoms with Crippen molar-refractivity contribution in [2.45, 2.75) is 6.61 Å². The van der Waals surface area contributed by atoms with E-state index in [-0.39, 0.29) is 11.3 Å². The normalized spacial score (nSPS) is 10.4. The number of rotatable bonds is 6. The van der Waals surface area contributed by atoms with Crippen molar-refractivity contribution < 1.29 is 24.1 Å². The van der Waals surface area contributed by atoms with E-state index in [0.717, 1.165) is 5.56 Å². The van der Waals surface area contributed by atoms with E-state index in [1.807, 2.05) is 30.3 Å². The molecule has 204 valence electrons. The number of carbonyl (C=O) groups excluding carboxylic acids is 1. The van der Waals surface area contributed by atoms with Crippen LogP contribution in [-0.4, -0.2) is 23.2 Å². The van der Waals surface area contributed by atoms with Crippen LogP contribution in [0.5, 0.6) is 23.0 Å². The number of anilines is 2. The number of nitrogens with two attached hydrogens (primary N) is 2. The van der Waals surface area contributed by atoms with Crippen molar-refractivity contribution in [2.75, 3.05) is 18.6 Å². The van der Waals surface area contributed by atoms with E-state index in [0.29, 0.717) is 56.2 Å². The van der Waals surface area contributed by atoms with Gasteiger partial charge in [0.1, 0.15) is 35.2 Å². The van der Waals surface area contributed by atoms with E-state index in [2.05, 4.69) is 4.98 Å². The minimum absolute atomic E-state index is 0.134. The van der Waals surface area contributed by atoms with Crippen LogP contribution >= 0.6 is 23.2 Å². The number of carbonyl (C=O) groups is 1. The zero-order chi connectivity index (χ0) is 28.6. The largest absolute Gasteiger partial charge is 0.508 e. The Kier molecular flexibility index (Phi) is 9.16. The number of aromatic nitrogens is 1. The molecule has 5 rings (SSSR count). The third-order valence-corrected chi connectivity index (χ3v) is 6.28. The first-order valence-electron chi connectivity index (χ1n) is 11.9. The van der Waals surface area contributed by atoms with Crippen molar-refractivity contribution in [3.05, 3.63) is 112 Å². The highest BCUT2D eigenvalue weighted by atomic mass is 35.5. The molecule has 10 heteroatoms. The number of hydrogen-bond acceptors (Lipinski definition) is 8. The maximum absolute atomic E-state index is 12.4. The molecule has 0 saturated carbocycles. The third kappa shape index (κ3) is 7.05. The van der Waals surface area contributed by atoms with Crippen molar-refractivity contribution in [3.8, 4) is 23.0 Å². The Balaban J connectivity index is 0.000000350. The Morgan fingerprint density at radius 3 is 2.23 bits per heavy atom. The lowest BCUT2D eigenvalue weighted by Crippen LogP contribution is -2.06. The van der Waals surface area contributed by atoms with Crippen molar-refractivity contribution in [1.29, 1.82) is 0 Å². The Hall–Kier alpha value is -4.66. The van der Waals surface area contributed by atoms with Gasteiger partial charge in [-0.3, -0.25) is 4.98 Å². The maximum atomic E-state index is 12.4. The first-order chi connectivity index (χ1) is 19.2. The molecule has 5 N–H and O–H groups in total. The highest BCUT2D eigenvalue weighted by Gasteiger charge is 2.18. The highest BCUT2D eigenvalue weighted by molar-refractivity contribution is 6.33. The minimum atomic E-state index is -0.518. The number of aromatic hydroxyl groups is 1. The van der Waals surface area contributed by atoms with E-state index in [1.165, 1.54) is 19.2 Å². The van der Waals surface area contributed by atoms with Gasteiger partial charge in [0, 0.05) is 29.8 Å². The van der Waals surface area contributed by atoms with Gasteiger partial charge in [-0.25, -0.2) is 4.79 Å². The number of pyridine rings is 1. The molecule has 0 bridgehead atoms. The molecule has 0 aliphatic rings. The summed E-state index contributed by atoms with van der Waals surface area (Å²) >= 11 is 11.6. The number of benzene rings is 4. The van der Waals surface area contributed by atoms with Crippen molar-refractivity contribution in [3.63, 3.8) is 0 Å². The number of nitrogen functional groups attached to an aromatic ring is 2. The van der Waals surface area contributed by atoms with Gasteiger partial charge in [0.15, 0.2) is 0 Å². The third-order valence-electron chi connectivity index (χ3n) is 5.63. The van der Waals surface area contributed by atoms with Crippen LogP contribution in [0.25, 0.3) is 10.9 Å². The summed E-state index contributed by atoms with van der Waals surface area (Å²) in [6.07, 6.45) is 1.62. The number of ether oxygens (including phenoxy) is 3. The summed E-state index contributed by atoms with van der Waals surface area (Å²) < 4.78 is 16.9. The lowest BCUT2D eigenvalue weighted by atomic mass is 10.1. The lowest BCUT2D eigenvalue weighted by Gasteiger charge is -2.14. The van der Waals surface area contributed by atoms with Gasteiger partial charge < -0.3 is 30.8 Å². The van der Waals surface area contributed by atoms with Crippen LogP contribution in [0.4, 0.5) is 11.4 Å². The fourth-order valence-corrected chi connectivity index (χ4v) is 3.92. The molecule has 1 aromatic heterocycles. The lowest BCUT2D eigenvalue weighted by molar-refractivity contribution is 0.0595. The van der Waals surface area contributed by atoms with E-state index in [1.54, 1.807) is 48.7 Å². The number of methoxy groups -OCH3 is 1. The Morgan fingerprint density at radius 2 is 1.57 bits per heavy atom. The maximum Gasteiger partial charge on any atom is 0.341 e. The zero-order valence-electron chi connectivity index (χ0n) is 21.3. The second-order valence-corrected chi connectivity index (χ2v) is 9.25. The molecule has 1 heterocycles. The van der Waals surface area contributed by atoms with Crippen LogP contribution < -0.4 is 20.9 Å². The average molecular weight is 578 g/mol. The Morgan fingerprint density at radius 1 is 0.875 bits per heavy atom. The molecule has 5 aromatic rings. The molecule has 0 saturated heterocycles. The molecule has 0 amide bonds. The molecule has 0 radical (unpaired) electrons. The van der Waals surface area contributed by atoms with Gasteiger partial charge >= 0.3 is 5.97 Å². The van der Waals surface area contributed by atoms with Crippen LogP contribution in [0.2, 0.25) is 10.0 Å². The number of phenolic OH excluding ortho intramolecular Hbond substituents is 1. The van der Waals surface area contributed by atoms with E-state index >= 15 is 0 Å². The van der Waals surface area contributed by atoms with Gasteiger partial charge in [-0.2, -0.15) is 0 Å². The molecule has 8 nitrogen and oxygen atoms in total. The molecular formula is C30H25Cl2N3O5. The van der Waals surface area contributed by atoms with Crippen LogP contribution in [0.3, 0.4) is 0 Å². The van der Waals surface area contributed by atoms with Gasteiger partial charge in [-0.1, -0.05) is 53.5 Å². The molecule has 0 atom stereocenters. The first-order valence-corrected chi connectivity index (χ1v) is 12.7. The second kappa shape index (κ2) is 12.9. The van der Waals surface area contributed by atoms with Gasteiger partial charge in [0.2, 0.25) is 0 Å². The summed E-state index contributed by atoms with van der Waals surface area (Å²) in [6.45, 7) is 0.302. The fourth-order valence-electron chi connectivity index (χ4n) is 3.58. The highest BCUT2D eigenvalue weighted by Crippen LogP contribution is 2.35. The zero-order valence-corrected chi connectivity index (χ0v) is 22.8. The van der Waals surface area contributed by atoms with E-state index < -0.39 is 5.97 Å². The number of nitrogens with zero attached hydrogens (tertiary/aromatic N) is 1. The summed E-state index contributed by atoms with van der Waals surface area (Å²) in [5, 5.41) is 10.2. The molecule has 0 unspecified atom stereocenters. The monoisotopic (exact) mass is 577 g/mol. The fraction of sp³-hybridized carbons (Fsp3) is 0.0667. The topological polar surface area (TPSA) is 130 Å². The van der Waals surface area contributed by atoms with E-state index in [4.69, 9.17) is 54.0 Å².